The van der Waals surface area contributed by atoms with Crippen LogP contribution in [-0.4, -0.2) is 10.9 Å². The Morgan fingerprint density at radius 3 is 2.59 bits per heavy atom. The van der Waals surface area contributed by atoms with Crippen LogP contribution in [0.1, 0.15) is 19.4 Å². The van der Waals surface area contributed by atoms with E-state index in [4.69, 9.17) is 4.42 Å². The number of benzene rings is 2. The van der Waals surface area contributed by atoms with E-state index in [0.717, 1.165) is 5.56 Å². The quantitative estimate of drug-likeness (QED) is 0.780. The molecule has 112 valence electrons. The van der Waals surface area contributed by atoms with E-state index in [1.165, 1.54) is 0 Å². The molecule has 0 spiro atoms. The Hall–Kier alpha value is -2.82. The highest BCUT2D eigenvalue weighted by atomic mass is 16.4. The maximum atomic E-state index is 12.6. The van der Waals surface area contributed by atoms with Gasteiger partial charge in [-0.15, -0.1) is 0 Å². The lowest BCUT2D eigenvalue weighted by Crippen LogP contribution is -2.34. The zero-order chi connectivity index (χ0) is 15.7. The second-order valence-electron chi connectivity index (χ2n) is 5.67. The minimum absolute atomic E-state index is 0.121. The van der Waals surface area contributed by atoms with Gasteiger partial charge in [0, 0.05) is 5.69 Å². The van der Waals surface area contributed by atoms with E-state index in [0.29, 0.717) is 16.8 Å². The molecule has 0 bridgehead atoms. The number of aromatic nitrogens is 1. The maximum absolute atomic E-state index is 12.6. The number of carbonyl (C=O) groups excluding carboxylic acids is 1. The Labute approximate surface area is 127 Å². The summed E-state index contributed by atoms with van der Waals surface area (Å²) >= 11 is 0. The van der Waals surface area contributed by atoms with Crippen LogP contribution in [-0.2, 0) is 10.2 Å². The van der Waals surface area contributed by atoms with Crippen molar-refractivity contribution in [2.75, 3.05) is 5.32 Å². The van der Waals surface area contributed by atoms with Gasteiger partial charge in [0.15, 0.2) is 5.58 Å². The second kappa shape index (κ2) is 5.18. The van der Waals surface area contributed by atoms with E-state index < -0.39 is 11.2 Å². The van der Waals surface area contributed by atoms with Gasteiger partial charge in [0.2, 0.25) is 5.91 Å². The van der Waals surface area contributed by atoms with Gasteiger partial charge >= 0.3 is 5.76 Å². The van der Waals surface area contributed by atoms with Crippen molar-refractivity contribution in [2.45, 2.75) is 19.3 Å². The number of oxazole rings is 1. The van der Waals surface area contributed by atoms with Crippen LogP contribution in [0.2, 0.25) is 0 Å². The largest absolute Gasteiger partial charge is 0.417 e. The molecule has 2 N–H and O–H groups in total. The summed E-state index contributed by atoms with van der Waals surface area (Å²) in [5.41, 5.74) is 1.90. The smallest absolute Gasteiger partial charge is 0.408 e. The van der Waals surface area contributed by atoms with Gasteiger partial charge in [0.25, 0.3) is 0 Å². The molecule has 22 heavy (non-hydrogen) atoms. The second-order valence-corrected chi connectivity index (χ2v) is 5.67. The Balaban J connectivity index is 1.87. The average molecular weight is 296 g/mol. The third kappa shape index (κ3) is 2.53. The van der Waals surface area contributed by atoms with Gasteiger partial charge in [-0.05, 0) is 37.6 Å². The van der Waals surface area contributed by atoms with Gasteiger partial charge in [-0.1, -0.05) is 30.3 Å². The summed E-state index contributed by atoms with van der Waals surface area (Å²) < 4.78 is 4.94. The minimum atomic E-state index is -0.667. The highest BCUT2D eigenvalue weighted by Gasteiger charge is 2.29. The number of carbonyl (C=O) groups is 1. The average Bonchev–Trinajstić information content (AvgIpc) is 2.87. The van der Waals surface area contributed by atoms with Crippen molar-refractivity contribution in [1.29, 1.82) is 0 Å². The fourth-order valence-corrected chi connectivity index (χ4v) is 2.30. The Morgan fingerprint density at radius 1 is 1.14 bits per heavy atom. The summed E-state index contributed by atoms with van der Waals surface area (Å²) in [6.07, 6.45) is 0. The van der Waals surface area contributed by atoms with E-state index in [2.05, 4.69) is 10.3 Å². The van der Waals surface area contributed by atoms with Crippen molar-refractivity contribution in [3.63, 3.8) is 0 Å². The molecular weight excluding hydrogens is 280 g/mol. The Kier molecular flexibility index (Phi) is 3.33. The molecule has 0 aliphatic carbocycles. The van der Waals surface area contributed by atoms with Crippen LogP contribution in [0, 0.1) is 0 Å². The lowest BCUT2D eigenvalue weighted by atomic mass is 9.83. The molecule has 1 aromatic heterocycles. The van der Waals surface area contributed by atoms with E-state index >= 15 is 0 Å². The minimum Gasteiger partial charge on any atom is -0.408 e. The molecule has 0 atom stereocenters. The van der Waals surface area contributed by atoms with E-state index in [1.807, 2.05) is 44.2 Å². The molecule has 0 fully saturated rings. The van der Waals surface area contributed by atoms with Crippen molar-refractivity contribution in [3.05, 3.63) is 64.6 Å². The predicted octanol–water partition coefficient (Wildman–Crippen LogP) is 3.04. The molecule has 0 saturated carbocycles. The van der Waals surface area contributed by atoms with Crippen LogP contribution in [0.3, 0.4) is 0 Å². The first-order valence-electron chi connectivity index (χ1n) is 6.97. The van der Waals surface area contributed by atoms with Gasteiger partial charge in [-0.2, -0.15) is 0 Å². The first-order chi connectivity index (χ1) is 10.5. The van der Waals surface area contributed by atoms with Crippen molar-refractivity contribution >= 4 is 22.7 Å². The SMILES string of the molecule is CC(C)(C(=O)Nc1ccc2oc(=O)[nH]c2c1)c1ccccc1. The summed E-state index contributed by atoms with van der Waals surface area (Å²) in [5.74, 6) is -0.632. The number of rotatable bonds is 3. The Morgan fingerprint density at radius 2 is 1.86 bits per heavy atom. The van der Waals surface area contributed by atoms with Crippen molar-refractivity contribution in [2.24, 2.45) is 0 Å². The summed E-state index contributed by atoms with van der Waals surface area (Å²) in [5, 5.41) is 2.88. The van der Waals surface area contributed by atoms with Gasteiger partial charge < -0.3 is 9.73 Å². The molecule has 0 radical (unpaired) electrons. The fourth-order valence-electron chi connectivity index (χ4n) is 2.30. The molecule has 5 nitrogen and oxygen atoms in total. The number of anilines is 1. The zero-order valence-electron chi connectivity index (χ0n) is 12.3. The lowest BCUT2D eigenvalue weighted by Gasteiger charge is -2.24. The number of aromatic amines is 1. The van der Waals surface area contributed by atoms with Crippen molar-refractivity contribution in [3.8, 4) is 0 Å². The van der Waals surface area contributed by atoms with Crippen molar-refractivity contribution in [1.82, 2.24) is 4.98 Å². The van der Waals surface area contributed by atoms with E-state index in [-0.39, 0.29) is 5.91 Å². The van der Waals surface area contributed by atoms with Crippen LogP contribution in [0.25, 0.3) is 11.1 Å². The topological polar surface area (TPSA) is 75.1 Å². The number of hydrogen-bond acceptors (Lipinski definition) is 3. The number of H-pyrrole nitrogens is 1. The number of nitrogens with one attached hydrogen (secondary N) is 2. The molecule has 2 aromatic carbocycles. The maximum Gasteiger partial charge on any atom is 0.417 e. The summed E-state index contributed by atoms with van der Waals surface area (Å²) in [7, 11) is 0. The van der Waals surface area contributed by atoms with Gasteiger partial charge in [0.05, 0.1) is 10.9 Å². The predicted molar refractivity (Wildman–Crippen MR) is 84.9 cm³/mol. The van der Waals surface area contributed by atoms with Gasteiger partial charge in [-0.25, -0.2) is 4.79 Å². The molecule has 0 aliphatic rings. The lowest BCUT2D eigenvalue weighted by molar-refractivity contribution is -0.120. The van der Waals surface area contributed by atoms with Gasteiger partial charge in [0.1, 0.15) is 0 Å². The molecular formula is C17H16N2O3. The highest BCUT2D eigenvalue weighted by Crippen LogP contribution is 2.25. The van der Waals surface area contributed by atoms with Crippen LogP contribution in [0.4, 0.5) is 5.69 Å². The molecule has 0 saturated heterocycles. The molecule has 1 heterocycles. The molecule has 0 unspecified atom stereocenters. The summed E-state index contributed by atoms with van der Waals surface area (Å²) in [6, 6.07) is 14.6. The fraction of sp³-hybridized carbons (Fsp3) is 0.176. The molecule has 3 aromatic rings. The first kappa shape index (κ1) is 14.1. The molecule has 0 aliphatic heterocycles. The summed E-state index contributed by atoms with van der Waals surface area (Å²) in [6.45, 7) is 3.74. The van der Waals surface area contributed by atoms with E-state index in [1.54, 1.807) is 18.2 Å². The third-order valence-corrected chi connectivity index (χ3v) is 3.74. The normalized spacial score (nSPS) is 11.5. The third-order valence-electron chi connectivity index (χ3n) is 3.74. The number of fused-ring (bicyclic) bond motifs is 1. The van der Waals surface area contributed by atoms with Crippen LogP contribution in [0.5, 0.6) is 0 Å². The molecule has 1 amide bonds. The van der Waals surface area contributed by atoms with Crippen LogP contribution < -0.4 is 11.1 Å². The number of amides is 1. The summed E-state index contributed by atoms with van der Waals surface area (Å²) in [4.78, 5) is 26.3. The Bertz CT molecular complexity index is 876. The highest BCUT2D eigenvalue weighted by molar-refractivity contribution is 5.99. The van der Waals surface area contributed by atoms with E-state index in [9.17, 15) is 9.59 Å². The van der Waals surface area contributed by atoms with Crippen LogP contribution >= 0.6 is 0 Å². The zero-order valence-corrected chi connectivity index (χ0v) is 12.3. The monoisotopic (exact) mass is 296 g/mol. The first-order valence-corrected chi connectivity index (χ1v) is 6.97. The number of hydrogen-bond donors (Lipinski definition) is 2. The van der Waals surface area contributed by atoms with Gasteiger partial charge in [-0.3, -0.25) is 9.78 Å². The molecule has 5 heteroatoms. The molecule has 3 rings (SSSR count). The standard InChI is InChI=1S/C17H16N2O3/c1-17(2,11-6-4-3-5-7-11)15(20)18-12-8-9-14-13(10-12)19-16(21)22-14/h3-10H,1-2H3,(H,18,20)(H,19,21). The van der Waals surface area contributed by atoms with Crippen LogP contribution in [0.15, 0.2) is 57.7 Å². The van der Waals surface area contributed by atoms with Crippen molar-refractivity contribution < 1.29 is 9.21 Å².